The molecule has 0 bridgehead atoms. The maximum Gasteiger partial charge on any atom is 0.249 e. The summed E-state index contributed by atoms with van der Waals surface area (Å²) in [6.07, 6.45) is 3.31. The Morgan fingerprint density at radius 1 is 1.50 bits per heavy atom. The summed E-state index contributed by atoms with van der Waals surface area (Å²) in [4.78, 5) is 18.6. The molecule has 2 heterocycles. The number of nitrogens with one attached hydrogen (secondary N) is 1. The van der Waals surface area contributed by atoms with Crippen LogP contribution >= 0.6 is 0 Å². The lowest BCUT2D eigenvalue weighted by Gasteiger charge is -2.23. The van der Waals surface area contributed by atoms with Gasteiger partial charge in [0, 0.05) is 38.0 Å². The van der Waals surface area contributed by atoms with Crippen LogP contribution in [0.2, 0.25) is 0 Å². The van der Waals surface area contributed by atoms with Crippen molar-refractivity contribution < 1.29 is 9.53 Å². The first-order chi connectivity index (χ1) is 9.76. The number of nitrogens with zero attached hydrogens (tertiary/aromatic N) is 2. The van der Waals surface area contributed by atoms with E-state index in [0.29, 0.717) is 13.2 Å². The second-order valence-electron chi connectivity index (χ2n) is 4.88. The zero-order valence-electron chi connectivity index (χ0n) is 12.3. The number of pyridine rings is 1. The molecule has 1 amide bonds. The third kappa shape index (κ3) is 3.48. The van der Waals surface area contributed by atoms with Crippen molar-refractivity contribution in [3.05, 3.63) is 23.9 Å². The minimum Gasteiger partial charge on any atom is -0.368 e. The van der Waals surface area contributed by atoms with E-state index in [1.165, 1.54) is 0 Å². The summed E-state index contributed by atoms with van der Waals surface area (Å²) in [5, 5.41) is 2.95. The van der Waals surface area contributed by atoms with Crippen LogP contribution in [0.1, 0.15) is 32.3 Å². The largest absolute Gasteiger partial charge is 0.368 e. The van der Waals surface area contributed by atoms with Gasteiger partial charge < -0.3 is 15.0 Å². The Kier molecular flexibility index (Phi) is 5.35. The fourth-order valence-electron chi connectivity index (χ4n) is 2.46. The van der Waals surface area contributed by atoms with E-state index in [0.717, 1.165) is 37.3 Å². The molecule has 0 saturated carbocycles. The SMILES string of the molecule is CCN(CC)c1ncccc1CNC(=O)[C@@H]1CCCO1. The molecule has 1 aromatic rings. The molecule has 0 radical (unpaired) electrons. The van der Waals surface area contributed by atoms with Crippen LogP contribution < -0.4 is 10.2 Å². The van der Waals surface area contributed by atoms with Gasteiger partial charge in [-0.15, -0.1) is 0 Å². The summed E-state index contributed by atoms with van der Waals surface area (Å²) in [5.41, 5.74) is 1.04. The zero-order chi connectivity index (χ0) is 14.4. The molecule has 5 nitrogen and oxygen atoms in total. The van der Waals surface area contributed by atoms with Crippen molar-refractivity contribution in [3.63, 3.8) is 0 Å². The van der Waals surface area contributed by atoms with Gasteiger partial charge in [0.05, 0.1) is 0 Å². The number of anilines is 1. The number of aromatic nitrogens is 1. The summed E-state index contributed by atoms with van der Waals surface area (Å²) >= 11 is 0. The van der Waals surface area contributed by atoms with Gasteiger partial charge in [-0.05, 0) is 32.8 Å². The lowest BCUT2D eigenvalue weighted by atomic mass is 10.2. The smallest absolute Gasteiger partial charge is 0.249 e. The van der Waals surface area contributed by atoms with Crippen LogP contribution in [0, 0.1) is 0 Å². The number of carbonyl (C=O) groups is 1. The highest BCUT2D eigenvalue weighted by atomic mass is 16.5. The lowest BCUT2D eigenvalue weighted by Crippen LogP contribution is -2.34. The molecule has 1 saturated heterocycles. The van der Waals surface area contributed by atoms with E-state index in [1.54, 1.807) is 6.20 Å². The number of hydrogen-bond acceptors (Lipinski definition) is 4. The molecule has 1 N–H and O–H groups in total. The van der Waals surface area contributed by atoms with Crippen LogP contribution in [0.25, 0.3) is 0 Å². The van der Waals surface area contributed by atoms with E-state index in [-0.39, 0.29) is 12.0 Å². The molecule has 110 valence electrons. The molecule has 0 unspecified atom stereocenters. The van der Waals surface area contributed by atoms with Crippen LogP contribution in [-0.2, 0) is 16.1 Å². The highest BCUT2D eigenvalue weighted by Crippen LogP contribution is 2.17. The summed E-state index contributed by atoms with van der Waals surface area (Å²) in [7, 11) is 0. The van der Waals surface area contributed by atoms with Crippen LogP contribution in [0.3, 0.4) is 0 Å². The molecule has 5 heteroatoms. The van der Waals surface area contributed by atoms with Crippen molar-refractivity contribution in [2.75, 3.05) is 24.6 Å². The van der Waals surface area contributed by atoms with E-state index in [1.807, 2.05) is 12.1 Å². The Bertz CT molecular complexity index is 440. The maximum absolute atomic E-state index is 12.0. The van der Waals surface area contributed by atoms with Crippen LogP contribution in [0.4, 0.5) is 5.82 Å². The third-order valence-corrected chi connectivity index (χ3v) is 3.61. The summed E-state index contributed by atoms with van der Waals surface area (Å²) in [5.74, 6) is 0.932. The molecule has 1 aliphatic rings. The number of amides is 1. The van der Waals surface area contributed by atoms with E-state index in [4.69, 9.17) is 4.74 Å². The number of hydrogen-bond donors (Lipinski definition) is 1. The first kappa shape index (κ1) is 14.8. The van der Waals surface area contributed by atoms with Gasteiger partial charge in [0.15, 0.2) is 0 Å². The molecule has 1 aliphatic heterocycles. The van der Waals surface area contributed by atoms with Crippen LogP contribution in [0.5, 0.6) is 0 Å². The van der Waals surface area contributed by atoms with Crippen molar-refractivity contribution in [1.82, 2.24) is 10.3 Å². The topological polar surface area (TPSA) is 54.5 Å². The molecule has 0 aromatic carbocycles. The predicted molar refractivity (Wildman–Crippen MR) is 78.6 cm³/mol. The second-order valence-corrected chi connectivity index (χ2v) is 4.88. The molecule has 1 atom stereocenters. The van der Waals surface area contributed by atoms with Gasteiger partial charge in [0.2, 0.25) is 5.91 Å². The third-order valence-electron chi connectivity index (χ3n) is 3.61. The van der Waals surface area contributed by atoms with Crippen LogP contribution in [-0.4, -0.2) is 36.7 Å². The minimum atomic E-state index is -0.274. The fourth-order valence-corrected chi connectivity index (χ4v) is 2.46. The summed E-state index contributed by atoms with van der Waals surface area (Å²) in [6, 6.07) is 3.91. The summed E-state index contributed by atoms with van der Waals surface area (Å²) < 4.78 is 5.39. The molecule has 0 aliphatic carbocycles. The van der Waals surface area contributed by atoms with Crippen molar-refractivity contribution in [1.29, 1.82) is 0 Å². The minimum absolute atomic E-state index is 0.0168. The standard InChI is InChI=1S/C15H23N3O2/c1-3-18(4-2)14-12(7-5-9-16-14)11-17-15(19)13-8-6-10-20-13/h5,7,9,13H,3-4,6,8,10-11H2,1-2H3,(H,17,19)/t13-/m0/s1. The van der Waals surface area contributed by atoms with Gasteiger partial charge in [-0.2, -0.15) is 0 Å². The normalized spacial score (nSPS) is 18.0. The first-order valence-corrected chi connectivity index (χ1v) is 7.34. The highest BCUT2D eigenvalue weighted by Gasteiger charge is 2.23. The van der Waals surface area contributed by atoms with Crippen molar-refractivity contribution in [2.24, 2.45) is 0 Å². The van der Waals surface area contributed by atoms with Crippen molar-refractivity contribution in [2.45, 2.75) is 39.3 Å². The van der Waals surface area contributed by atoms with E-state index in [9.17, 15) is 4.79 Å². The first-order valence-electron chi connectivity index (χ1n) is 7.34. The Balaban J connectivity index is 2.00. The van der Waals surface area contributed by atoms with E-state index >= 15 is 0 Å². The van der Waals surface area contributed by atoms with Gasteiger partial charge in [0.1, 0.15) is 11.9 Å². The second kappa shape index (κ2) is 7.24. The molecule has 0 spiro atoms. The Morgan fingerprint density at radius 3 is 2.95 bits per heavy atom. The Hall–Kier alpha value is -1.62. The fraction of sp³-hybridized carbons (Fsp3) is 0.600. The van der Waals surface area contributed by atoms with Gasteiger partial charge in [-0.1, -0.05) is 6.07 Å². The number of ether oxygens (including phenoxy) is 1. The highest BCUT2D eigenvalue weighted by molar-refractivity contribution is 5.81. The molecule has 1 aromatic heterocycles. The van der Waals surface area contributed by atoms with Crippen molar-refractivity contribution >= 4 is 11.7 Å². The zero-order valence-corrected chi connectivity index (χ0v) is 12.3. The average Bonchev–Trinajstić information content (AvgIpc) is 3.01. The van der Waals surface area contributed by atoms with Gasteiger partial charge in [0.25, 0.3) is 0 Å². The van der Waals surface area contributed by atoms with Gasteiger partial charge in [-0.25, -0.2) is 4.98 Å². The van der Waals surface area contributed by atoms with E-state index in [2.05, 4.69) is 29.0 Å². The lowest BCUT2D eigenvalue weighted by molar-refractivity contribution is -0.130. The van der Waals surface area contributed by atoms with Crippen molar-refractivity contribution in [3.8, 4) is 0 Å². The Labute approximate surface area is 120 Å². The molecule has 2 rings (SSSR count). The maximum atomic E-state index is 12.0. The molecular weight excluding hydrogens is 254 g/mol. The molecular formula is C15H23N3O2. The predicted octanol–water partition coefficient (Wildman–Crippen LogP) is 1.72. The molecule has 20 heavy (non-hydrogen) atoms. The monoisotopic (exact) mass is 277 g/mol. The Morgan fingerprint density at radius 2 is 2.30 bits per heavy atom. The van der Waals surface area contributed by atoms with Gasteiger partial charge >= 0.3 is 0 Å². The van der Waals surface area contributed by atoms with Gasteiger partial charge in [-0.3, -0.25) is 4.79 Å². The van der Waals surface area contributed by atoms with E-state index < -0.39 is 0 Å². The van der Waals surface area contributed by atoms with Crippen LogP contribution in [0.15, 0.2) is 18.3 Å². The summed E-state index contributed by atoms with van der Waals surface area (Å²) in [6.45, 7) is 7.20. The number of carbonyl (C=O) groups excluding carboxylic acids is 1. The molecule has 1 fully saturated rings. The number of rotatable bonds is 6. The quantitative estimate of drug-likeness (QED) is 0.860. The average molecular weight is 277 g/mol.